The number of aryl methyl sites for hydroxylation is 2. The third-order valence-electron chi connectivity index (χ3n) is 3.29. The van der Waals surface area contributed by atoms with Crippen molar-refractivity contribution < 1.29 is 21.5 Å². The number of azo groups is 1. The minimum Gasteiger partial charge on any atom is -1.00 e. The number of benzene rings is 1. The predicted molar refractivity (Wildman–Crippen MR) is 108 cm³/mol. The van der Waals surface area contributed by atoms with Gasteiger partial charge in [-0.15, -0.1) is 34.0 Å². The van der Waals surface area contributed by atoms with Crippen LogP contribution in [0.2, 0.25) is 0 Å². The first-order valence-corrected chi connectivity index (χ1v) is 7.50. The van der Waals surface area contributed by atoms with Crippen LogP contribution >= 0.6 is 34.0 Å². The second-order valence-electron chi connectivity index (χ2n) is 5.06. The molecule has 0 bridgehead atoms. The molecule has 1 heterocycles. The van der Waals surface area contributed by atoms with Gasteiger partial charge in [0.25, 0.3) is 0 Å². The lowest BCUT2D eigenvalue weighted by Crippen LogP contribution is -3.00. The lowest BCUT2D eigenvalue weighted by Gasteiger charge is -1.99. The van der Waals surface area contributed by atoms with Gasteiger partial charge in [-0.1, -0.05) is 5.11 Å². The third kappa shape index (κ3) is 8.41. The van der Waals surface area contributed by atoms with Crippen molar-refractivity contribution in [3.8, 4) is 0 Å². The molecule has 10 heteroatoms. The summed E-state index contributed by atoms with van der Waals surface area (Å²) in [5.41, 5.74) is 18.3. The lowest BCUT2D eigenvalue weighted by molar-refractivity contribution is -0.683. The number of aromatic nitrogens is 2. The Bertz CT molecular complexity index is 589. The van der Waals surface area contributed by atoms with Gasteiger partial charge in [0.05, 0.1) is 25.5 Å². The van der Waals surface area contributed by atoms with Gasteiger partial charge in [0.1, 0.15) is 5.69 Å². The Hall–Kier alpha value is -0.810. The molecule has 0 saturated carbocycles. The monoisotopic (exact) mass is 541 g/mol. The number of imidazole rings is 1. The quantitative estimate of drug-likeness (QED) is 0.240. The molecular formula is C15H26Br3N7. The van der Waals surface area contributed by atoms with Gasteiger partial charge in [0.2, 0.25) is 0 Å². The number of nitrogens with zero attached hydrogens (tertiary/aromatic N) is 4. The summed E-state index contributed by atoms with van der Waals surface area (Å²) in [5.74, 6) is 0.804. The zero-order chi connectivity index (χ0) is 15.8. The minimum absolute atomic E-state index is 0. The summed E-state index contributed by atoms with van der Waals surface area (Å²) in [5, 5.41) is 8.69. The summed E-state index contributed by atoms with van der Waals surface area (Å²) >= 11 is 0. The van der Waals surface area contributed by atoms with E-state index in [1.165, 1.54) is 0 Å². The lowest BCUT2D eigenvalue weighted by atomic mass is 10.3. The molecule has 0 saturated heterocycles. The first-order chi connectivity index (χ1) is 10.7. The van der Waals surface area contributed by atoms with Crippen LogP contribution in [0.1, 0.15) is 12.8 Å². The zero-order valence-corrected chi connectivity index (χ0v) is 18.9. The van der Waals surface area contributed by atoms with Crippen LogP contribution in [0.25, 0.3) is 0 Å². The zero-order valence-electron chi connectivity index (χ0n) is 13.9. The number of nitrogens with two attached hydrogens (primary N) is 3. The van der Waals surface area contributed by atoms with E-state index in [0.29, 0.717) is 18.8 Å². The fourth-order valence-corrected chi connectivity index (χ4v) is 2.09. The number of rotatable bonds is 8. The van der Waals surface area contributed by atoms with E-state index in [4.69, 9.17) is 17.2 Å². The SMILES string of the molecule is Br.Br.NCCCn1cc[n+](CCCN)c1/N=N/c1ccc(N)cc1.[Br-]. The molecule has 0 spiro atoms. The van der Waals surface area contributed by atoms with E-state index in [1.54, 1.807) is 0 Å². The van der Waals surface area contributed by atoms with Gasteiger partial charge < -0.3 is 34.2 Å². The van der Waals surface area contributed by atoms with Crippen LogP contribution in [0.5, 0.6) is 0 Å². The van der Waals surface area contributed by atoms with E-state index in [-0.39, 0.29) is 50.9 Å². The fourth-order valence-electron chi connectivity index (χ4n) is 2.09. The Morgan fingerprint density at radius 3 is 2.20 bits per heavy atom. The molecule has 6 N–H and O–H groups in total. The molecule has 25 heavy (non-hydrogen) atoms. The minimum atomic E-state index is 0. The second-order valence-corrected chi connectivity index (χ2v) is 5.06. The fraction of sp³-hybridized carbons (Fsp3) is 0.400. The van der Waals surface area contributed by atoms with Crippen molar-refractivity contribution >= 4 is 51.3 Å². The van der Waals surface area contributed by atoms with Gasteiger partial charge in [-0.3, -0.25) is 0 Å². The molecule has 0 aliphatic carbocycles. The van der Waals surface area contributed by atoms with Crippen molar-refractivity contribution in [3.63, 3.8) is 0 Å². The molecule has 142 valence electrons. The summed E-state index contributed by atoms with van der Waals surface area (Å²) in [4.78, 5) is 0. The molecule has 0 aliphatic rings. The number of nitrogen functional groups attached to an aromatic ring is 1. The van der Waals surface area contributed by atoms with Crippen LogP contribution in [0.3, 0.4) is 0 Å². The standard InChI is InChI=1S/C15H23N7.3BrH/c16-7-1-9-21-11-12-22(10-2-8-17)15(21)20-19-14-5-3-13(18)4-6-14;;;/h3-6,11-12,18H,1-2,7-10,16-17H2;3*1H. The van der Waals surface area contributed by atoms with E-state index in [9.17, 15) is 0 Å². The highest BCUT2D eigenvalue weighted by atomic mass is 79.9. The Morgan fingerprint density at radius 1 is 0.960 bits per heavy atom. The van der Waals surface area contributed by atoms with Gasteiger partial charge >= 0.3 is 5.95 Å². The molecular weight excluding hydrogens is 518 g/mol. The van der Waals surface area contributed by atoms with Gasteiger partial charge in [-0.2, -0.15) is 0 Å². The van der Waals surface area contributed by atoms with Crippen LogP contribution in [-0.2, 0) is 13.1 Å². The van der Waals surface area contributed by atoms with Gasteiger partial charge in [-0.05, 0) is 50.2 Å². The first kappa shape index (κ1) is 26.4. The molecule has 0 aliphatic heterocycles. The Balaban J connectivity index is 0. The maximum Gasteiger partial charge on any atom is 0.421 e. The Morgan fingerprint density at radius 2 is 1.60 bits per heavy atom. The molecule has 0 atom stereocenters. The molecule has 1 aromatic carbocycles. The van der Waals surface area contributed by atoms with Crippen LogP contribution in [-0.4, -0.2) is 17.7 Å². The number of halogens is 3. The molecule has 1 aromatic heterocycles. The average molecular weight is 544 g/mol. The third-order valence-corrected chi connectivity index (χ3v) is 3.29. The van der Waals surface area contributed by atoms with Crippen molar-refractivity contribution in [2.75, 3.05) is 18.8 Å². The van der Waals surface area contributed by atoms with Crippen LogP contribution in [0.4, 0.5) is 17.3 Å². The first-order valence-electron chi connectivity index (χ1n) is 7.50. The van der Waals surface area contributed by atoms with E-state index < -0.39 is 0 Å². The number of hydrogen-bond donors (Lipinski definition) is 3. The van der Waals surface area contributed by atoms with E-state index in [0.717, 1.165) is 37.6 Å². The Labute approximate surface area is 180 Å². The van der Waals surface area contributed by atoms with Crippen molar-refractivity contribution in [2.24, 2.45) is 21.7 Å². The molecule has 0 unspecified atom stereocenters. The molecule has 7 nitrogen and oxygen atoms in total. The highest BCUT2D eigenvalue weighted by Gasteiger charge is 2.16. The van der Waals surface area contributed by atoms with Crippen molar-refractivity contribution in [2.45, 2.75) is 25.9 Å². The molecule has 0 radical (unpaired) electrons. The van der Waals surface area contributed by atoms with Crippen LogP contribution in [0, 0.1) is 0 Å². The van der Waals surface area contributed by atoms with Crippen LogP contribution < -0.4 is 38.7 Å². The second kappa shape index (κ2) is 14.4. The molecule has 2 rings (SSSR count). The maximum atomic E-state index is 5.67. The van der Waals surface area contributed by atoms with Crippen molar-refractivity contribution in [1.82, 2.24) is 4.57 Å². The maximum absolute atomic E-state index is 5.67. The summed E-state index contributed by atoms with van der Waals surface area (Å²) < 4.78 is 4.12. The average Bonchev–Trinajstić information content (AvgIpc) is 2.92. The van der Waals surface area contributed by atoms with Crippen LogP contribution in [0.15, 0.2) is 46.9 Å². The normalized spacial score (nSPS) is 10.0. The number of anilines is 1. The summed E-state index contributed by atoms with van der Waals surface area (Å²) in [6.45, 7) is 2.94. The highest BCUT2D eigenvalue weighted by Crippen LogP contribution is 2.17. The highest BCUT2D eigenvalue weighted by molar-refractivity contribution is 8.93. The smallest absolute Gasteiger partial charge is 0.421 e. The predicted octanol–water partition coefficient (Wildman–Crippen LogP) is -0.369. The van der Waals surface area contributed by atoms with Gasteiger partial charge in [0, 0.05) is 10.8 Å². The largest absolute Gasteiger partial charge is 1.00 e. The topological polar surface area (TPSA) is 112 Å². The number of hydrogen-bond acceptors (Lipinski definition) is 5. The van der Waals surface area contributed by atoms with Gasteiger partial charge in [0.15, 0.2) is 0 Å². The van der Waals surface area contributed by atoms with Gasteiger partial charge in [-0.25, -0.2) is 9.13 Å². The molecule has 0 amide bonds. The Kier molecular flexibility index (Phi) is 15.2. The molecule has 2 aromatic rings. The van der Waals surface area contributed by atoms with E-state index in [1.807, 2.05) is 36.7 Å². The van der Waals surface area contributed by atoms with E-state index >= 15 is 0 Å². The van der Waals surface area contributed by atoms with Crippen molar-refractivity contribution in [1.29, 1.82) is 0 Å². The molecule has 0 fully saturated rings. The summed E-state index contributed by atoms with van der Waals surface area (Å²) in [7, 11) is 0. The summed E-state index contributed by atoms with van der Waals surface area (Å²) in [6, 6.07) is 7.31. The van der Waals surface area contributed by atoms with E-state index in [2.05, 4.69) is 19.4 Å². The summed E-state index contributed by atoms with van der Waals surface area (Å²) in [6.07, 6.45) is 5.80. The van der Waals surface area contributed by atoms with Crippen molar-refractivity contribution in [3.05, 3.63) is 36.7 Å².